The summed E-state index contributed by atoms with van der Waals surface area (Å²) >= 11 is 5.85. The first-order valence-corrected chi connectivity index (χ1v) is 4.73. The summed E-state index contributed by atoms with van der Waals surface area (Å²) in [5.41, 5.74) is 0.726. The fourth-order valence-electron chi connectivity index (χ4n) is 1.20. The molecule has 78 valence electrons. The molecular formula is C10H9ClN2O2. The van der Waals surface area contributed by atoms with Crippen LogP contribution in [-0.4, -0.2) is 17.1 Å². The first-order valence-electron chi connectivity index (χ1n) is 4.36. The van der Waals surface area contributed by atoms with Crippen molar-refractivity contribution in [2.75, 3.05) is 7.11 Å². The van der Waals surface area contributed by atoms with Crippen molar-refractivity contribution in [2.45, 2.75) is 6.61 Å². The Morgan fingerprint density at radius 3 is 3.00 bits per heavy atom. The number of rotatable bonds is 3. The number of methoxy groups -OCH3 is 1. The summed E-state index contributed by atoms with van der Waals surface area (Å²) in [6, 6.07) is 5.22. The zero-order valence-electron chi connectivity index (χ0n) is 8.11. The molecule has 0 saturated heterocycles. The molecule has 0 aromatic carbocycles. The number of furan rings is 1. The van der Waals surface area contributed by atoms with Crippen molar-refractivity contribution in [3.05, 3.63) is 35.3 Å². The minimum Gasteiger partial charge on any atom is -0.461 e. The third kappa shape index (κ3) is 2.34. The van der Waals surface area contributed by atoms with E-state index in [1.54, 1.807) is 31.6 Å². The van der Waals surface area contributed by atoms with Crippen molar-refractivity contribution in [3.63, 3.8) is 0 Å². The van der Waals surface area contributed by atoms with Crippen LogP contribution in [0.4, 0.5) is 0 Å². The zero-order valence-corrected chi connectivity index (χ0v) is 8.86. The van der Waals surface area contributed by atoms with E-state index in [-0.39, 0.29) is 0 Å². The fraction of sp³-hybridized carbons (Fsp3) is 0.200. The van der Waals surface area contributed by atoms with Gasteiger partial charge in [0.2, 0.25) is 0 Å². The van der Waals surface area contributed by atoms with Crippen LogP contribution in [-0.2, 0) is 11.3 Å². The molecule has 5 heteroatoms. The van der Waals surface area contributed by atoms with E-state index in [1.807, 2.05) is 0 Å². The Bertz CT molecular complexity index is 443. The van der Waals surface area contributed by atoms with Gasteiger partial charge in [-0.25, -0.2) is 9.97 Å². The second-order valence-electron chi connectivity index (χ2n) is 2.92. The Balaban J connectivity index is 2.40. The summed E-state index contributed by atoms with van der Waals surface area (Å²) in [6.45, 7) is 0.399. The summed E-state index contributed by atoms with van der Waals surface area (Å²) in [5, 5.41) is 0.378. The van der Waals surface area contributed by atoms with Gasteiger partial charge >= 0.3 is 0 Å². The molecule has 0 atom stereocenters. The first kappa shape index (κ1) is 10.1. The van der Waals surface area contributed by atoms with Crippen LogP contribution in [0.2, 0.25) is 5.15 Å². The predicted octanol–water partition coefficient (Wildman–Crippen LogP) is 2.54. The van der Waals surface area contributed by atoms with Gasteiger partial charge in [0.05, 0.1) is 18.6 Å². The van der Waals surface area contributed by atoms with E-state index in [0.29, 0.717) is 23.3 Å². The summed E-state index contributed by atoms with van der Waals surface area (Å²) in [4.78, 5) is 8.32. The monoisotopic (exact) mass is 224 g/mol. The molecule has 2 aromatic rings. The van der Waals surface area contributed by atoms with E-state index in [2.05, 4.69) is 9.97 Å². The Kier molecular flexibility index (Phi) is 2.99. The van der Waals surface area contributed by atoms with E-state index in [4.69, 9.17) is 20.8 Å². The molecule has 0 aliphatic rings. The van der Waals surface area contributed by atoms with Crippen LogP contribution >= 0.6 is 11.6 Å². The maximum Gasteiger partial charge on any atom is 0.197 e. The number of hydrogen-bond acceptors (Lipinski definition) is 4. The SMILES string of the molecule is COCc1cc(Cl)nc(-c2ccco2)n1. The fourth-order valence-corrected chi connectivity index (χ4v) is 1.41. The van der Waals surface area contributed by atoms with Crippen molar-refractivity contribution >= 4 is 11.6 Å². The Hall–Kier alpha value is -1.39. The maximum atomic E-state index is 5.85. The van der Waals surface area contributed by atoms with Gasteiger partial charge in [-0.1, -0.05) is 11.6 Å². The van der Waals surface area contributed by atoms with E-state index in [1.165, 1.54) is 0 Å². The van der Waals surface area contributed by atoms with Gasteiger partial charge in [0.25, 0.3) is 0 Å². The molecule has 0 spiro atoms. The van der Waals surface area contributed by atoms with Gasteiger partial charge in [-0.15, -0.1) is 0 Å². The van der Waals surface area contributed by atoms with Crippen molar-refractivity contribution < 1.29 is 9.15 Å². The Morgan fingerprint density at radius 1 is 1.47 bits per heavy atom. The summed E-state index contributed by atoms with van der Waals surface area (Å²) in [6.07, 6.45) is 1.57. The third-order valence-corrected chi connectivity index (χ3v) is 1.98. The molecule has 0 fully saturated rings. The normalized spacial score (nSPS) is 10.5. The molecule has 0 unspecified atom stereocenters. The lowest BCUT2D eigenvalue weighted by molar-refractivity contribution is 0.181. The molecule has 0 aliphatic heterocycles. The van der Waals surface area contributed by atoms with Crippen LogP contribution in [0.3, 0.4) is 0 Å². The Labute approximate surface area is 91.9 Å². The molecule has 0 saturated carbocycles. The van der Waals surface area contributed by atoms with Gasteiger partial charge in [0, 0.05) is 7.11 Å². The van der Waals surface area contributed by atoms with Gasteiger partial charge in [0.1, 0.15) is 5.15 Å². The number of hydrogen-bond donors (Lipinski definition) is 0. The molecule has 0 bridgehead atoms. The van der Waals surface area contributed by atoms with E-state index in [0.717, 1.165) is 5.69 Å². The predicted molar refractivity (Wildman–Crippen MR) is 55.5 cm³/mol. The summed E-state index contributed by atoms with van der Waals surface area (Å²) in [7, 11) is 1.60. The van der Waals surface area contributed by atoms with Crippen LogP contribution in [0.5, 0.6) is 0 Å². The smallest absolute Gasteiger partial charge is 0.197 e. The molecular weight excluding hydrogens is 216 g/mol. The second kappa shape index (κ2) is 4.42. The second-order valence-corrected chi connectivity index (χ2v) is 3.30. The number of halogens is 1. The minimum absolute atomic E-state index is 0.378. The highest BCUT2D eigenvalue weighted by molar-refractivity contribution is 6.29. The van der Waals surface area contributed by atoms with Gasteiger partial charge < -0.3 is 9.15 Å². The quantitative estimate of drug-likeness (QED) is 0.752. The first-order chi connectivity index (χ1) is 7.29. The number of nitrogens with zero attached hydrogens (tertiary/aromatic N) is 2. The highest BCUT2D eigenvalue weighted by atomic mass is 35.5. The van der Waals surface area contributed by atoms with Gasteiger partial charge in [-0.2, -0.15) is 0 Å². The van der Waals surface area contributed by atoms with Crippen LogP contribution in [0.1, 0.15) is 5.69 Å². The maximum absolute atomic E-state index is 5.85. The third-order valence-electron chi connectivity index (χ3n) is 1.78. The van der Waals surface area contributed by atoms with Crippen LogP contribution in [0.15, 0.2) is 28.9 Å². The summed E-state index contributed by atoms with van der Waals surface area (Å²) < 4.78 is 10.2. The minimum atomic E-state index is 0.378. The van der Waals surface area contributed by atoms with E-state index in [9.17, 15) is 0 Å². The standard InChI is InChI=1S/C10H9ClN2O2/c1-14-6-7-5-9(11)13-10(12-7)8-3-2-4-15-8/h2-5H,6H2,1H3. The Morgan fingerprint density at radius 2 is 2.33 bits per heavy atom. The van der Waals surface area contributed by atoms with E-state index < -0.39 is 0 Å². The van der Waals surface area contributed by atoms with Crippen molar-refractivity contribution in [1.82, 2.24) is 9.97 Å². The highest BCUT2D eigenvalue weighted by Gasteiger charge is 2.07. The average molecular weight is 225 g/mol. The summed E-state index contributed by atoms with van der Waals surface area (Å²) in [5.74, 6) is 1.06. The zero-order chi connectivity index (χ0) is 10.7. The van der Waals surface area contributed by atoms with Crippen LogP contribution < -0.4 is 0 Å². The van der Waals surface area contributed by atoms with Gasteiger partial charge in [0.15, 0.2) is 11.6 Å². The molecule has 15 heavy (non-hydrogen) atoms. The molecule has 2 aromatic heterocycles. The average Bonchev–Trinajstić information content (AvgIpc) is 2.70. The van der Waals surface area contributed by atoms with Crippen molar-refractivity contribution in [3.8, 4) is 11.6 Å². The lowest BCUT2D eigenvalue weighted by atomic mass is 10.3. The van der Waals surface area contributed by atoms with E-state index >= 15 is 0 Å². The lowest BCUT2D eigenvalue weighted by Gasteiger charge is -2.01. The highest BCUT2D eigenvalue weighted by Crippen LogP contribution is 2.18. The lowest BCUT2D eigenvalue weighted by Crippen LogP contribution is -1.96. The molecule has 0 N–H and O–H groups in total. The van der Waals surface area contributed by atoms with Crippen LogP contribution in [0.25, 0.3) is 11.6 Å². The molecule has 2 heterocycles. The molecule has 2 rings (SSSR count). The largest absolute Gasteiger partial charge is 0.461 e. The molecule has 0 aliphatic carbocycles. The van der Waals surface area contributed by atoms with Crippen molar-refractivity contribution in [2.24, 2.45) is 0 Å². The van der Waals surface area contributed by atoms with Crippen molar-refractivity contribution in [1.29, 1.82) is 0 Å². The topological polar surface area (TPSA) is 48.2 Å². The molecule has 0 radical (unpaired) electrons. The molecule has 4 nitrogen and oxygen atoms in total. The molecule has 0 amide bonds. The number of aromatic nitrogens is 2. The van der Waals surface area contributed by atoms with Gasteiger partial charge in [-0.3, -0.25) is 0 Å². The van der Waals surface area contributed by atoms with Crippen LogP contribution in [0, 0.1) is 0 Å². The van der Waals surface area contributed by atoms with Gasteiger partial charge in [-0.05, 0) is 18.2 Å². The number of ether oxygens (including phenoxy) is 1.